The predicted octanol–water partition coefficient (Wildman–Crippen LogP) is 5.91. The lowest BCUT2D eigenvalue weighted by Crippen LogP contribution is -2.48. The second kappa shape index (κ2) is 14.5. The second-order valence-corrected chi connectivity index (χ2v) is 12.3. The largest absolute Gasteiger partial charge is 0.490 e. The average Bonchev–Trinajstić information content (AvgIpc) is 2.93. The number of anilines is 1. The van der Waals surface area contributed by atoms with Crippen molar-refractivity contribution in [3.8, 4) is 0 Å². The van der Waals surface area contributed by atoms with Crippen LogP contribution in [-0.4, -0.2) is 62.2 Å². The molecule has 1 saturated carbocycles. The number of nitrogens with zero attached hydrogens (tertiary/aromatic N) is 1. The summed E-state index contributed by atoms with van der Waals surface area (Å²) in [5.41, 5.74) is -0.870. The van der Waals surface area contributed by atoms with Crippen molar-refractivity contribution < 1.29 is 49.5 Å². The van der Waals surface area contributed by atoms with Gasteiger partial charge in [0.05, 0.1) is 10.5 Å². The number of benzene rings is 2. The van der Waals surface area contributed by atoms with Crippen LogP contribution in [0.3, 0.4) is 0 Å². The average molecular weight is 638 g/mol. The van der Waals surface area contributed by atoms with Gasteiger partial charge in [-0.2, -0.15) is 26.3 Å². The van der Waals surface area contributed by atoms with E-state index in [0.717, 1.165) is 38.1 Å². The van der Waals surface area contributed by atoms with E-state index in [0.29, 0.717) is 12.5 Å². The molecule has 0 bridgehead atoms. The van der Waals surface area contributed by atoms with Crippen molar-refractivity contribution in [2.45, 2.75) is 68.2 Å². The summed E-state index contributed by atoms with van der Waals surface area (Å²) in [5.74, 6) is -2.77. The minimum absolute atomic E-state index is 0.0264. The number of rotatable bonds is 7. The molecule has 15 heteroatoms. The molecule has 238 valence electrons. The summed E-state index contributed by atoms with van der Waals surface area (Å²) < 4.78 is 99.6. The van der Waals surface area contributed by atoms with Crippen molar-refractivity contribution in [2.24, 2.45) is 5.92 Å². The molecule has 2 fully saturated rings. The molecule has 3 N–H and O–H groups in total. The van der Waals surface area contributed by atoms with Crippen molar-refractivity contribution >= 4 is 27.6 Å². The molecule has 1 saturated heterocycles. The van der Waals surface area contributed by atoms with Crippen LogP contribution in [0.4, 0.5) is 32.0 Å². The first-order valence-corrected chi connectivity index (χ1v) is 15.2. The molecule has 2 aromatic rings. The van der Waals surface area contributed by atoms with Crippen molar-refractivity contribution in [3.63, 3.8) is 0 Å². The highest BCUT2D eigenvalue weighted by Crippen LogP contribution is 2.31. The molecule has 2 aromatic carbocycles. The number of carboxylic acids is 1. The van der Waals surface area contributed by atoms with Gasteiger partial charge < -0.3 is 15.3 Å². The zero-order valence-electron chi connectivity index (χ0n) is 23.0. The molecule has 1 aliphatic carbocycles. The molecule has 1 aliphatic heterocycles. The monoisotopic (exact) mass is 637 g/mol. The highest BCUT2D eigenvalue weighted by Gasteiger charge is 2.38. The topological polar surface area (TPSA) is 116 Å². The number of hydrogen-bond acceptors (Lipinski definition) is 5. The number of likely N-dealkylation sites (tertiary alicyclic amines) is 1. The van der Waals surface area contributed by atoms with Crippen LogP contribution in [0.1, 0.15) is 60.9 Å². The van der Waals surface area contributed by atoms with E-state index in [-0.39, 0.29) is 22.2 Å². The smallest absolute Gasteiger partial charge is 0.475 e. The van der Waals surface area contributed by atoms with E-state index >= 15 is 0 Å². The lowest BCUT2D eigenvalue weighted by Gasteiger charge is -2.36. The Labute approximate surface area is 245 Å². The lowest BCUT2D eigenvalue weighted by atomic mass is 9.88. The van der Waals surface area contributed by atoms with Crippen LogP contribution < -0.4 is 10.0 Å². The standard InChI is InChI=1S/C26H32F3N3O3S.C2HF3O2/c27-26(28,29)21-10-5-11-22(16-21)30-25(33)20-9-4-13-24(15-20)36(34,35)31-23-12-6-14-32(18-23)17-19-7-2-1-3-8-19;3-2(4,5)1(6)7/h4-5,9-11,13,15-16,19,23,31H,1-3,6-8,12,14,17-18H2,(H,30,33);(H,6,7). The number of piperidine rings is 1. The van der Waals surface area contributed by atoms with Gasteiger partial charge in [-0.15, -0.1) is 0 Å². The number of aliphatic carboxylic acids is 1. The van der Waals surface area contributed by atoms with Crippen molar-refractivity contribution in [2.75, 3.05) is 25.0 Å². The van der Waals surface area contributed by atoms with Gasteiger partial charge in [-0.25, -0.2) is 17.9 Å². The van der Waals surface area contributed by atoms with Crippen LogP contribution in [-0.2, 0) is 21.0 Å². The maximum atomic E-state index is 13.1. The Morgan fingerprint density at radius 2 is 1.56 bits per heavy atom. The van der Waals surface area contributed by atoms with Gasteiger partial charge in [0.2, 0.25) is 10.0 Å². The summed E-state index contributed by atoms with van der Waals surface area (Å²) in [7, 11) is -3.88. The molecule has 0 spiro atoms. The van der Waals surface area contributed by atoms with Gasteiger partial charge >= 0.3 is 18.3 Å². The van der Waals surface area contributed by atoms with E-state index in [4.69, 9.17) is 9.90 Å². The van der Waals surface area contributed by atoms with E-state index in [1.807, 2.05) is 0 Å². The molecule has 4 rings (SSSR count). The molecule has 1 unspecified atom stereocenters. The molecular weight excluding hydrogens is 604 g/mol. The van der Waals surface area contributed by atoms with E-state index in [1.54, 1.807) is 0 Å². The lowest BCUT2D eigenvalue weighted by molar-refractivity contribution is -0.192. The summed E-state index contributed by atoms with van der Waals surface area (Å²) in [4.78, 5) is 23.9. The maximum Gasteiger partial charge on any atom is 0.490 e. The number of carboxylic acid groups (broad SMARTS) is 1. The van der Waals surface area contributed by atoms with Crippen molar-refractivity contribution in [1.82, 2.24) is 9.62 Å². The first-order chi connectivity index (χ1) is 20.0. The Morgan fingerprint density at radius 1 is 0.907 bits per heavy atom. The summed E-state index contributed by atoms with van der Waals surface area (Å²) in [6.07, 6.45) is -1.64. The van der Waals surface area contributed by atoms with Gasteiger partial charge in [0.1, 0.15) is 0 Å². The molecule has 1 heterocycles. The number of halogens is 6. The van der Waals surface area contributed by atoms with Crippen molar-refractivity contribution in [1.29, 1.82) is 0 Å². The third-order valence-electron chi connectivity index (χ3n) is 7.17. The van der Waals surface area contributed by atoms with Crippen LogP contribution in [0.2, 0.25) is 0 Å². The van der Waals surface area contributed by atoms with Gasteiger partial charge in [0.15, 0.2) is 0 Å². The Hall–Kier alpha value is -3.17. The zero-order chi connectivity index (χ0) is 31.8. The molecule has 1 amide bonds. The third kappa shape index (κ3) is 10.8. The van der Waals surface area contributed by atoms with E-state index in [9.17, 15) is 39.6 Å². The van der Waals surface area contributed by atoms with Crippen LogP contribution in [0.5, 0.6) is 0 Å². The Morgan fingerprint density at radius 3 is 2.19 bits per heavy atom. The van der Waals surface area contributed by atoms with Crippen LogP contribution >= 0.6 is 0 Å². The number of sulfonamides is 1. The zero-order valence-corrected chi connectivity index (χ0v) is 23.9. The normalized spacial score (nSPS) is 18.8. The molecule has 0 radical (unpaired) electrons. The predicted molar refractivity (Wildman–Crippen MR) is 146 cm³/mol. The van der Waals surface area contributed by atoms with Gasteiger partial charge in [-0.05, 0) is 74.5 Å². The Bertz CT molecular complexity index is 1360. The van der Waals surface area contributed by atoms with Crippen LogP contribution in [0, 0.1) is 5.92 Å². The summed E-state index contributed by atoms with van der Waals surface area (Å²) in [6, 6.07) is 9.61. The maximum absolute atomic E-state index is 13.1. The summed E-state index contributed by atoms with van der Waals surface area (Å²) in [6.45, 7) is 2.63. The molecular formula is C28H33F6N3O5S. The molecule has 1 atom stereocenters. The Balaban J connectivity index is 0.000000646. The fourth-order valence-corrected chi connectivity index (χ4v) is 6.43. The SMILES string of the molecule is O=C(Nc1cccc(C(F)(F)F)c1)c1cccc(S(=O)(=O)NC2CCCN(CC3CCCCC3)C2)c1.O=C(O)C(F)(F)F. The second-order valence-electron chi connectivity index (χ2n) is 10.6. The number of nitrogens with one attached hydrogen (secondary N) is 2. The van der Waals surface area contributed by atoms with E-state index in [1.165, 1.54) is 68.5 Å². The number of amides is 1. The first-order valence-electron chi connectivity index (χ1n) is 13.7. The highest BCUT2D eigenvalue weighted by molar-refractivity contribution is 7.89. The highest BCUT2D eigenvalue weighted by atomic mass is 32.2. The first kappa shape index (κ1) is 34.3. The van der Waals surface area contributed by atoms with Gasteiger partial charge in [-0.1, -0.05) is 31.4 Å². The van der Waals surface area contributed by atoms with Gasteiger partial charge in [0, 0.05) is 30.4 Å². The van der Waals surface area contributed by atoms with Crippen LogP contribution in [0.25, 0.3) is 0 Å². The van der Waals surface area contributed by atoms with E-state index < -0.39 is 39.8 Å². The number of carbonyl (C=O) groups is 2. The summed E-state index contributed by atoms with van der Waals surface area (Å²) in [5, 5.41) is 9.54. The number of alkyl halides is 6. The third-order valence-corrected chi connectivity index (χ3v) is 8.68. The quantitative estimate of drug-likeness (QED) is 0.325. The number of hydrogen-bond donors (Lipinski definition) is 3. The fourth-order valence-electron chi connectivity index (χ4n) is 5.12. The van der Waals surface area contributed by atoms with Gasteiger partial charge in [0.25, 0.3) is 5.91 Å². The Kier molecular flexibility index (Phi) is 11.6. The van der Waals surface area contributed by atoms with Crippen molar-refractivity contribution in [3.05, 3.63) is 59.7 Å². The molecule has 0 aromatic heterocycles. The summed E-state index contributed by atoms with van der Waals surface area (Å²) >= 11 is 0. The van der Waals surface area contributed by atoms with Crippen LogP contribution in [0.15, 0.2) is 53.4 Å². The minimum Gasteiger partial charge on any atom is -0.475 e. The molecule has 43 heavy (non-hydrogen) atoms. The van der Waals surface area contributed by atoms with E-state index in [2.05, 4.69) is 14.9 Å². The fraction of sp³-hybridized carbons (Fsp3) is 0.500. The minimum atomic E-state index is -5.08. The van der Waals surface area contributed by atoms with Gasteiger partial charge in [-0.3, -0.25) is 4.79 Å². The number of carbonyl (C=O) groups excluding carboxylic acids is 1. The molecule has 8 nitrogen and oxygen atoms in total. The molecule has 2 aliphatic rings.